The van der Waals surface area contributed by atoms with Crippen LogP contribution in [-0.2, 0) is 6.42 Å². The molecule has 0 aliphatic heterocycles. The van der Waals surface area contributed by atoms with Gasteiger partial charge in [-0.3, -0.25) is 0 Å². The molecule has 1 heterocycles. The van der Waals surface area contributed by atoms with Crippen LogP contribution in [-0.4, -0.2) is 23.1 Å². The van der Waals surface area contributed by atoms with E-state index in [9.17, 15) is 0 Å². The summed E-state index contributed by atoms with van der Waals surface area (Å²) in [6.45, 7) is 10.8. The fourth-order valence-electron chi connectivity index (χ4n) is 2.58. The molecular weight excluding hydrogens is 248 g/mol. The highest BCUT2D eigenvalue weighted by atomic mass is 15.1. The predicted molar refractivity (Wildman–Crippen MR) is 85.2 cm³/mol. The van der Waals surface area contributed by atoms with E-state index < -0.39 is 0 Å². The van der Waals surface area contributed by atoms with E-state index in [2.05, 4.69) is 48.3 Å². The van der Waals surface area contributed by atoms with Crippen molar-refractivity contribution in [3.05, 3.63) is 11.9 Å². The van der Waals surface area contributed by atoms with Gasteiger partial charge in [0.25, 0.3) is 0 Å². The van der Waals surface area contributed by atoms with E-state index in [1.54, 1.807) is 0 Å². The summed E-state index contributed by atoms with van der Waals surface area (Å²) in [6.07, 6.45) is 4.68. The molecule has 1 aromatic heterocycles. The van der Waals surface area contributed by atoms with Gasteiger partial charge >= 0.3 is 0 Å². The Morgan fingerprint density at radius 1 is 1.15 bits per heavy atom. The standard InChI is InChI=1S/C16H28N4/c1-5-7-13-19-14(17-6-2)10-15(20-13)18-11-16(8-9-16)12(3)4/h10,12H,5-9,11H2,1-4H3,(H2,17,18,19,20). The zero-order valence-corrected chi connectivity index (χ0v) is 13.3. The van der Waals surface area contributed by atoms with Gasteiger partial charge in [-0.15, -0.1) is 0 Å². The topological polar surface area (TPSA) is 49.8 Å². The Bertz CT molecular complexity index is 414. The molecule has 0 radical (unpaired) electrons. The highest BCUT2D eigenvalue weighted by molar-refractivity contribution is 5.47. The van der Waals surface area contributed by atoms with Crippen molar-refractivity contribution < 1.29 is 0 Å². The van der Waals surface area contributed by atoms with Crippen LogP contribution in [0.5, 0.6) is 0 Å². The third kappa shape index (κ3) is 3.62. The number of anilines is 2. The summed E-state index contributed by atoms with van der Waals surface area (Å²) >= 11 is 0. The lowest BCUT2D eigenvalue weighted by Gasteiger charge is -2.20. The molecule has 1 aliphatic carbocycles. The van der Waals surface area contributed by atoms with E-state index in [1.165, 1.54) is 12.8 Å². The lowest BCUT2D eigenvalue weighted by atomic mass is 9.92. The summed E-state index contributed by atoms with van der Waals surface area (Å²) in [5.74, 6) is 3.57. The molecule has 0 amide bonds. The molecule has 4 nitrogen and oxygen atoms in total. The van der Waals surface area contributed by atoms with Crippen molar-refractivity contribution in [1.29, 1.82) is 0 Å². The normalized spacial score (nSPS) is 16.2. The van der Waals surface area contributed by atoms with E-state index in [1.807, 2.05) is 6.07 Å². The molecule has 1 saturated carbocycles. The lowest BCUT2D eigenvalue weighted by Crippen LogP contribution is -2.21. The zero-order chi connectivity index (χ0) is 14.6. The highest BCUT2D eigenvalue weighted by Crippen LogP contribution is 2.51. The van der Waals surface area contributed by atoms with Crippen molar-refractivity contribution in [3.8, 4) is 0 Å². The van der Waals surface area contributed by atoms with Gasteiger partial charge in [0.15, 0.2) is 0 Å². The van der Waals surface area contributed by atoms with Crippen molar-refractivity contribution in [3.63, 3.8) is 0 Å². The van der Waals surface area contributed by atoms with Crippen LogP contribution in [0.25, 0.3) is 0 Å². The number of nitrogens with zero attached hydrogens (tertiary/aromatic N) is 2. The third-order valence-corrected chi connectivity index (χ3v) is 4.34. The van der Waals surface area contributed by atoms with Crippen LogP contribution in [0.15, 0.2) is 6.07 Å². The molecule has 0 spiro atoms. The maximum atomic E-state index is 4.63. The first-order chi connectivity index (χ1) is 9.59. The SMILES string of the molecule is CCCc1nc(NCC)cc(NCC2(C(C)C)CC2)n1. The lowest BCUT2D eigenvalue weighted by molar-refractivity contribution is 0.380. The quantitative estimate of drug-likeness (QED) is 0.760. The monoisotopic (exact) mass is 276 g/mol. The number of aryl methyl sites for hydroxylation is 1. The Hall–Kier alpha value is -1.32. The summed E-state index contributed by atoms with van der Waals surface area (Å²) in [7, 11) is 0. The minimum absolute atomic E-state index is 0.494. The molecule has 112 valence electrons. The molecule has 20 heavy (non-hydrogen) atoms. The predicted octanol–water partition coefficient (Wildman–Crippen LogP) is 3.71. The van der Waals surface area contributed by atoms with Crippen LogP contribution < -0.4 is 10.6 Å². The van der Waals surface area contributed by atoms with E-state index in [0.717, 1.165) is 49.3 Å². The Kier molecular flexibility index (Phi) is 4.84. The van der Waals surface area contributed by atoms with E-state index in [0.29, 0.717) is 5.41 Å². The summed E-state index contributed by atoms with van der Waals surface area (Å²) in [6, 6.07) is 2.03. The van der Waals surface area contributed by atoms with E-state index in [4.69, 9.17) is 0 Å². The average molecular weight is 276 g/mol. The molecule has 0 aromatic carbocycles. The fourth-order valence-corrected chi connectivity index (χ4v) is 2.58. The van der Waals surface area contributed by atoms with Crippen molar-refractivity contribution >= 4 is 11.6 Å². The maximum Gasteiger partial charge on any atom is 0.133 e. The first-order valence-electron chi connectivity index (χ1n) is 7.95. The maximum absolute atomic E-state index is 4.63. The molecule has 0 atom stereocenters. The smallest absolute Gasteiger partial charge is 0.133 e. The molecule has 1 fully saturated rings. The average Bonchev–Trinajstić information content (AvgIpc) is 3.18. The second-order valence-electron chi connectivity index (χ2n) is 6.21. The van der Waals surface area contributed by atoms with Gasteiger partial charge in [-0.1, -0.05) is 20.8 Å². The van der Waals surface area contributed by atoms with Crippen LogP contribution in [0.2, 0.25) is 0 Å². The van der Waals surface area contributed by atoms with Gasteiger partial charge < -0.3 is 10.6 Å². The van der Waals surface area contributed by atoms with Crippen LogP contribution in [0.4, 0.5) is 11.6 Å². The Morgan fingerprint density at radius 2 is 1.80 bits per heavy atom. The molecule has 0 saturated heterocycles. The number of aromatic nitrogens is 2. The molecule has 0 bridgehead atoms. The molecule has 2 rings (SSSR count). The summed E-state index contributed by atoms with van der Waals surface area (Å²) in [5, 5.41) is 6.83. The fraction of sp³-hybridized carbons (Fsp3) is 0.750. The van der Waals surface area contributed by atoms with Crippen molar-refractivity contribution in [2.45, 2.75) is 53.4 Å². The zero-order valence-electron chi connectivity index (χ0n) is 13.3. The van der Waals surface area contributed by atoms with E-state index >= 15 is 0 Å². The van der Waals surface area contributed by atoms with Crippen LogP contribution in [0, 0.1) is 11.3 Å². The summed E-state index contributed by atoms with van der Waals surface area (Å²) < 4.78 is 0. The summed E-state index contributed by atoms with van der Waals surface area (Å²) in [5.41, 5.74) is 0.494. The third-order valence-electron chi connectivity index (χ3n) is 4.34. The second-order valence-corrected chi connectivity index (χ2v) is 6.21. The van der Waals surface area contributed by atoms with Gasteiger partial charge in [0.05, 0.1) is 0 Å². The molecule has 1 aromatic rings. The first kappa shape index (κ1) is 15.1. The molecule has 2 N–H and O–H groups in total. The minimum atomic E-state index is 0.494. The van der Waals surface area contributed by atoms with Crippen LogP contribution >= 0.6 is 0 Å². The summed E-state index contributed by atoms with van der Waals surface area (Å²) in [4.78, 5) is 9.18. The van der Waals surface area contributed by atoms with Gasteiger partial charge in [-0.25, -0.2) is 9.97 Å². The van der Waals surface area contributed by atoms with Crippen molar-refractivity contribution in [1.82, 2.24) is 9.97 Å². The van der Waals surface area contributed by atoms with Gasteiger partial charge in [-0.2, -0.15) is 0 Å². The largest absolute Gasteiger partial charge is 0.370 e. The van der Waals surface area contributed by atoms with Gasteiger partial charge in [-0.05, 0) is 37.5 Å². The number of nitrogens with one attached hydrogen (secondary N) is 2. The van der Waals surface area contributed by atoms with E-state index in [-0.39, 0.29) is 0 Å². The Morgan fingerprint density at radius 3 is 2.30 bits per heavy atom. The van der Waals surface area contributed by atoms with Gasteiger partial charge in [0.2, 0.25) is 0 Å². The van der Waals surface area contributed by atoms with Crippen LogP contribution in [0.1, 0.15) is 52.8 Å². The second kappa shape index (κ2) is 6.42. The Labute approximate surface area is 122 Å². The Balaban J connectivity index is 2.05. The highest BCUT2D eigenvalue weighted by Gasteiger charge is 2.44. The molecule has 4 heteroatoms. The van der Waals surface area contributed by atoms with Gasteiger partial charge in [0.1, 0.15) is 17.5 Å². The van der Waals surface area contributed by atoms with Crippen molar-refractivity contribution in [2.24, 2.45) is 11.3 Å². The molecule has 1 aliphatic rings. The number of hydrogen-bond acceptors (Lipinski definition) is 4. The first-order valence-corrected chi connectivity index (χ1v) is 7.95. The number of rotatable bonds is 8. The molecule has 0 unspecified atom stereocenters. The van der Waals surface area contributed by atoms with Crippen LogP contribution in [0.3, 0.4) is 0 Å². The number of hydrogen-bond donors (Lipinski definition) is 2. The van der Waals surface area contributed by atoms with Crippen molar-refractivity contribution in [2.75, 3.05) is 23.7 Å². The minimum Gasteiger partial charge on any atom is -0.370 e. The van der Waals surface area contributed by atoms with Gasteiger partial charge in [0, 0.05) is 25.6 Å². The molecular formula is C16H28N4.